The lowest BCUT2D eigenvalue weighted by Crippen LogP contribution is -2.33. The molecule has 0 aliphatic heterocycles. The molecule has 1 N–H and O–H groups in total. The van der Waals surface area contributed by atoms with Crippen LogP contribution in [0.5, 0.6) is 0 Å². The molecule has 2 heterocycles. The molecule has 0 bridgehead atoms. The van der Waals surface area contributed by atoms with Gasteiger partial charge in [0, 0.05) is 18.4 Å². The molecule has 2 aromatic heterocycles. The average molecular weight is 324 g/mol. The summed E-state index contributed by atoms with van der Waals surface area (Å²) in [4.78, 5) is 30.5. The maximum Gasteiger partial charge on any atom is 0.326 e. The van der Waals surface area contributed by atoms with Gasteiger partial charge in [-0.15, -0.1) is 11.3 Å². The third-order valence-corrected chi connectivity index (χ3v) is 4.76. The number of hydrogen-bond acceptors (Lipinski definition) is 5. The molecule has 0 amide bonds. The number of hydrogen-bond donors (Lipinski definition) is 1. The Bertz CT molecular complexity index is 735. The largest absolute Gasteiger partial charge is 0.480 e. The van der Waals surface area contributed by atoms with Gasteiger partial charge in [-0.05, 0) is 18.9 Å². The van der Waals surface area contributed by atoms with Crippen LogP contribution in [0.2, 0.25) is 0 Å². The topological polar surface area (TPSA) is 81.4 Å². The predicted octanol–water partition coefficient (Wildman–Crippen LogP) is 2.25. The monoisotopic (exact) mass is 324 g/mol. The van der Waals surface area contributed by atoms with Gasteiger partial charge in [0.05, 0.1) is 12.0 Å². The van der Waals surface area contributed by atoms with Gasteiger partial charge < -0.3 is 9.84 Å². The van der Waals surface area contributed by atoms with E-state index in [-0.39, 0.29) is 5.56 Å². The van der Waals surface area contributed by atoms with Crippen LogP contribution in [0.3, 0.4) is 0 Å². The lowest BCUT2D eigenvalue weighted by atomic mass is 10.2. The zero-order valence-corrected chi connectivity index (χ0v) is 13.8. The molecule has 6 nitrogen and oxygen atoms in total. The molecule has 1 atom stereocenters. The summed E-state index contributed by atoms with van der Waals surface area (Å²) in [5.41, 5.74) is -0.277. The predicted molar refractivity (Wildman–Crippen MR) is 85.8 cm³/mol. The van der Waals surface area contributed by atoms with Crippen molar-refractivity contribution in [2.75, 3.05) is 13.7 Å². The normalized spacial score (nSPS) is 12.7. The SMILES string of the molecule is CCc1cc2c(=O)n(C(CC)C(=O)O)c(CCOC)nc2s1. The van der Waals surface area contributed by atoms with E-state index in [0.29, 0.717) is 35.5 Å². The first-order chi connectivity index (χ1) is 10.5. The second-order valence-corrected chi connectivity index (χ2v) is 6.11. The summed E-state index contributed by atoms with van der Waals surface area (Å²) in [5, 5.41) is 9.91. The highest BCUT2D eigenvalue weighted by molar-refractivity contribution is 7.18. The van der Waals surface area contributed by atoms with Crippen LogP contribution < -0.4 is 5.56 Å². The quantitative estimate of drug-likeness (QED) is 0.845. The highest BCUT2D eigenvalue weighted by Crippen LogP contribution is 2.24. The Balaban J connectivity index is 2.70. The van der Waals surface area contributed by atoms with Gasteiger partial charge in [0.15, 0.2) is 0 Å². The van der Waals surface area contributed by atoms with E-state index in [1.54, 1.807) is 14.0 Å². The number of rotatable bonds is 7. The lowest BCUT2D eigenvalue weighted by Gasteiger charge is -2.18. The number of thiophene rings is 1. The van der Waals surface area contributed by atoms with Gasteiger partial charge in [-0.2, -0.15) is 0 Å². The maximum absolute atomic E-state index is 12.8. The van der Waals surface area contributed by atoms with Crippen LogP contribution in [-0.4, -0.2) is 34.3 Å². The molecule has 0 saturated heterocycles. The minimum atomic E-state index is -1.02. The Hall–Kier alpha value is -1.73. The summed E-state index contributed by atoms with van der Waals surface area (Å²) in [6, 6.07) is 0.918. The second kappa shape index (κ2) is 7.02. The maximum atomic E-state index is 12.8. The van der Waals surface area contributed by atoms with Crippen molar-refractivity contribution in [2.45, 2.75) is 39.2 Å². The van der Waals surface area contributed by atoms with Crippen molar-refractivity contribution in [1.29, 1.82) is 0 Å². The molecule has 120 valence electrons. The molecule has 2 rings (SSSR count). The van der Waals surface area contributed by atoms with Crippen LogP contribution in [0.25, 0.3) is 10.2 Å². The smallest absolute Gasteiger partial charge is 0.326 e. The van der Waals surface area contributed by atoms with Crippen LogP contribution in [0.15, 0.2) is 10.9 Å². The van der Waals surface area contributed by atoms with Crippen molar-refractivity contribution in [3.8, 4) is 0 Å². The molecular weight excluding hydrogens is 304 g/mol. The number of carboxylic acid groups (broad SMARTS) is 1. The standard InChI is InChI=1S/C15H20N2O4S/c1-4-9-8-10-13(22-9)16-12(6-7-21-3)17(14(10)18)11(5-2)15(19)20/h8,11H,4-7H2,1-3H3,(H,19,20). The molecule has 1 unspecified atom stereocenters. The molecule has 0 aliphatic carbocycles. The Kier molecular flexibility index (Phi) is 5.31. The van der Waals surface area contributed by atoms with Gasteiger partial charge in [-0.25, -0.2) is 9.78 Å². The third kappa shape index (κ3) is 3.05. The minimum Gasteiger partial charge on any atom is -0.480 e. The van der Waals surface area contributed by atoms with Crippen LogP contribution in [0, 0.1) is 0 Å². The molecular formula is C15H20N2O4S. The Morgan fingerprint density at radius 1 is 1.50 bits per heavy atom. The van der Waals surface area contributed by atoms with Crippen LogP contribution in [-0.2, 0) is 22.4 Å². The number of aliphatic carboxylic acids is 1. The summed E-state index contributed by atoms with van der Waals surface area (Å²) in [6.07, 6.45) is 1.56. The van der Waals surface area contributed by atoms with E-state index in [1.807, 2.05) is 13.0 Å². The van der Waals surface area contributed by atoms with Crippen LogP contribution in [0.4, 0.5) is 0 Å². The number of carboxylic acids is 1. The fourth-order valence-corrected chi connectivity index (χ4v) is 3.40. The van der Waals surface area contributed by atoms with Gasteiger partial charge in [0.1, 0.15) is 16.7 Å². The molecule has 0 fully saturated rings. The van der Waals surface area contributed by atoms with Crippen molar-refractivity contribution in [3.63, 3.8) is 0 Å². The summed E-state index contributed by atoms with van der Waals surface area (Å²) >= 11 is 1.48. The lowest BCUT2D eigenvalue weighted by molar-refractivity contribution is -0.141. The summed E-state index contributed by atoms with van der Waals surface area (Å²) in [5.74, 6) is -0.548. The van der Waals surface area contributed by atoms with Crippen molar-refractivity contribution >= 4 is 27.5 Å². The Labute approximate surface area is 132 Å². The average Bonchev–Trinajstić information content (AvgIpc) is 2.91. The number of methoxy groups -OCH3 is 1. The summed E-state index contributed by atoms with van der Waals surface area (Å²) in [6.45, 7) is 4.15. The van der Waals surface area contributed by atoms with Crippen LogP contribution >= 0.6 is 11.3 Å². The number of carbonyl (C=O) groups is 1. The number of ether oxygens (including phenoxy) is 1. The summed E-state index contributed by atoms with van der Waals surface area (Å²) < 4.78 is 6.37. The molecule has 0 radical (unpaired) electrons. The third-order valence-electron chi connectivity index (χ3n) is 3.58. The molecule has 0 saturated carbocycles. The van der Waals surface area contributed by atoms with Crippen molar-refractivity contribution in [3.05, 3.63) is 27.1 Å². The zero-order chi connectivity index (χ0) is 16.3. The van der Waals surface area contributed by atoms with E-state index in [2.05, 4.69) is 4.98 Å². The fourth-order valence-electron chi connectivity index (χ4n) is 2.42. The van der Waals surface area contributed by atoms with Gasteiger partial charge in [-0.3, -0.25) is 9.36 Å². The number of aromatic nitrogens is 2. The molecule has 0 aromatic carbocycles. The first-order valence-corrected chi connectivity index (χ1v) is 8.10. The Morgan fingerprint density at radius 3 is 2.77 bits per heavy atom. The van der Waals surface area contributed by atoms with Gasteiger partial charge in [0.25, 0.3) is 5.56 Å². The van der Waals surface area contributed by atoms with Gasteiger partial charge >= 0.3 is 5.97 Å². The van der Waals surface area contributed by atoms with Crippen LogP contribution in [0.1, 0.15) is 37.0 Å². The van der Waals surface area contributed by atoms with E-state index in [1.165, 1.54) is 15.9 Å². The number of nitrogens with zero attached hydrogens (tertiary/aromatic N) is 2. The van der Waals surface area contributed by atoms with E-state index >= 15 is 0 Å². The molecule has 0 aliphatic rings. The number of aryl methyl sites for hydroxylation is 1. The van der Waals surface area contributed by atoms with E-state index in [4.69, 9.17) is 4.74 Å². The highest BCUT2D eigenvalue weighted by atomic mass is 32.1. The fraction of sp³-hybridized carbons (Fsp3) is 0.533. The molecule has 7 heteroatoms. The number of fused-ring (bicyclic) bond motifs is 1. The first-order valence-electron chi connectivity index (χ1n) is 7.29. The zero-order valence-electron chi connectivity index (χ0n) is 13.0. The highest BCUT2D eigenvalue weighted by Gasteiger charge is 2.24. The van der Waals surface area contributed by atoms with Crippen molar-refractivity contribution in [1.82, 2.24) is 9.55 Å². The summed E-state index contributed by atoms with van der Waals surface area (Å²) in [7, 11) is 1.57. The van der Waals surface area contributed by atoms with E-state index in [9.17, 15) is 14.7 Å². The molecule has 2 aromatic rings. The van der Waals surface area contributed by atoms with Crippen molar-refractivity contribution < 1.29 is 14.6 Å². The first kappa shape index (κ1) is 16.6. The molecule has 22 heavy (non-hydrogen) atoms. The minimum absolute atomic E-state index is 0.277. The van der Waals surface area contributed by atoms with E-state index < -0.39 is 12.0 Å². The second-order valence-electron chi connectivity index (χ2n) is 4.99. The Morgan fingerprint density at radius 2 is 2.23 bits per heavy atom. The van der Waals surface area contributed by atoms with Gasteiger partial charge in [0.2, 0.25) is 0 Å². The van der Waals surface area contributed by atoms with Gasteiger partial charge in [-0.1, -0.05) is 13.8 Å². The molecule has 0 spiro atoms. The van der Waals surface area contributed by atoms with E-state index in [0.717, 1.165) is 11.3 Å². The van der Waals surface area contributed by atoms with Crippen molar-refractivity contribution in [2.24, 2.45) is 0 Å².